The molecule has 1 nitrogen and oxygen atoms in total. The van der Waals surface area contributed by atoms with E-state index in [1.165, 1.54) is 43.2 Å². The maximum absolute atomic E-state index is 6.56. The lowest BCUT2D eigenvalue weighted by atomic mass is 9.76. The van der Waals surface area contributed by atoms with Gasteiger partial charge in [0.1, 0.15) is 0 Å². The molecule has 0 bridgehead atoms. The van der Waals surface area contributed by atoms with E-state index in [-0.39, 0.29) is 0 Å². The van der Waals surface area contributed by atoms with Crippen LogP contribution in [-0.4, -0.2) is 6.54 Å². The monoisotopic (exact) mass is 293 g/mol. The number of hydrogen-bond acceptors (Lipinski definition) is 1. The number of benzene rings is 1. The highest BCUT2D eigenvalue weighted by Gasteiger charge is 2.28. The third-order valence-corrected chi connectivity index (χ3v) is 5.44. The van der Waals surface area contributed by atoms with Crippen LogP contribution in [0, 0.1) is 18.8 Å². The SMILES string of the molecule is CCNC(c1cccc(C)c1Cl)C1CCC(CC)CC1. The molecule has 1 aliphatic carbocycles. The van der Waals surface area contributed by atoms with E-state index >= 15 is 0 Å². The van der Waals surface area contributed by atoms with Crippen molar-refractivity contribution in [1.29, 1.82) is 0 Å². The van der Waals surface area contributed by atoms with E-state index in [0.717, 1.165) is 23.4 Å². The molecule has 1 unspecified atom stereocenters. The Balaban J connectivity index is 2.17. The summed E-state index contributed by atoms with van der Waals surface area (Å²) in [5.74, 6) is 1.68. The van der Waals surface area contributed by atoms with Crippen LogP contribution in [0.25, 0.3) is 0 Å². The molecule has 1 aromatic carbocycles. The predicted octanol–water partition coefficient (Wildman–Crippen LogP) is 5.52. The van der Waals surface area contributed by atoms with Gasteiger partial charge in [-0.15, -0.1) is 0 Å². The molecule has 1 fully saturated rings. The normalized spacial score (nSPS) is 24.6. The van der Waals surface area contributed by atoms with Crippen LogP contribution in [0.5, 0.6) is 0 Å². The Morgan fingerprint density at radius 2 is 1.90 bits per heavy atom. The fraction of sp³-hybridized carbons (Fsp3) is 0.667. The van der Waals surface area contributed by atoms with Gasteiger partial charge in [-0.3, -0.25) is 0 Å². The van der Waals surface area contributed by atoms with Crippen molar-refractivity contribution in [3.8, 4) is 0 Å². The van der Waals surface area contributed by atoms with Crippen LogP contribution >= 0.6 is 11.6 Å². The Hall–Kier alpha value is -0.530. The zero-order valence-corrected chi connectivity index (χ0v) is 13.8. The molecule has 1 aliphatic rings. The molecular formula is C18H28ClN. The quantitative estimate of drug-likeness (QED) is 0.754. The highest BCUT2D eigenvalue weighted by molar-refractivity contribution is 6.32. The van der Waals surface area contributed by atoms with Crippen LogP contribution in [0.1, 0.15) is 63.1 Å². The Labute approximate surface area is 129 Å². The van der Waals surface area contributed by atoms with Crippen LogP contribution in [0.15, 0.2) is 18.2 Å². The lowest BCUT2D eigenvalue weighted by Crippen LogP contribution is -2.31. The zero-order valence-electron chi connectivity index (χ0n) is 13.1. The second kappa shape index (κ2) is 7.47. The van der Waals surface area contributed by atoms with E-state index in [9.17, 15) is 0 Å². The number of aryl methyl sites for hydroxylation is 1. The van der Waals surface area contributed by atoms with Gasteiger partial charge in [0, 0.05) is 11.1 Å². The molecule has 20 heavy (non-hydrogen) atoms. The van der Waals surface area contributed by atoms with Crippen molar-refractivity contribution in [2.45, 2.75) is 58.9 Å². The van der Waals surface area contributed by atoms with E-state index in [1.54, 1.807) is 0 Å². The summed E-state index contributed by atoms with van der Waals surface area (Å²) in [6.07, 6.45) is 6.77. The fourth-order valence-electron chi connectivity index (χ4n) is 3.59. The number of halogens is 1. The zero-order chi connectivity index (χ0) is 14.5. The third-order valence-electron chi connectivity index (χ3n) is 4.92. The van der Waals surface area contributed by atoms with Gasteiger partial charge in [-0.2, -0.15) is 0 Å². The van der Waals surface area contributed by atoms with Gasteiger partial charge in [0.2, 0.25) is 0 Å². The second-order valence-electron chi connectivity index (χ2n) is 6.20. The minimum Gasteiger partial charge on any atom is -0.310 e. The minimum absolute atomic E-state index is 0.421. The molecule has 1 atom stereocenters. The summed E-state index contributed by atoms with van der Waals surface area (Å²) in [4.78, 5) is 0. The van der Waals surface area contributed by atoms with Crippen molar-refractivity contribution in [1.82, 2.24) is 5.32 Å². The molecule has 1 saturated carbocycles. The minimum atomic E-state index is 0.421. The summed E-state index contributed by atoms with van der Waals surface area (Å²) in [6, 6.07) is 6.86. The lowest BCUT2D eigenvalue weighted by molar-refractivity contribution is 0.220. The molecule has 112 valence electrons. The molecule has 2 rings (SSSR count). The molecule has 0 radical (unpaired) electrons. The van der Waals surface area contributed by atoms with Gasteiger partial charge in [-0.1, -0.05) is 62.9 Å². The summed E-state index contributed by atoms with van der Waals surface area (Å²) in [6.45, 7) is 7.62. The van der Waals surface area contributed by atoms with Crippen molar-refractivity contribution in [3.63, 3.8) is 0 Å². The van der Waals surface area contributed by atoms with Crippen LogP contribution in [0.4, 0.5) is 0 Å². The summed E-state index contributed by atoms with van der Waals surface area (Å²) >= 11 is 6.56. The lowest BCUT2D eigenvalue weighted by Gasteiger charge is -2.35. The Morgan fingerprint density at radius 1 is 1.20 bits per heavy atom. The number of nitrogens with one attached hydrogen (secondary N) is 1. The highest BCUT2D eigenvalue weighted by Crippen LogP contribution is 2.40. The van der Waals surface area contributed by atoms with Gasteiger partial charge in [0.05, 0.1) is 0 Å². The molecule has 2 heteroatoms. The number of rotatable bonds is 5. The smallest absolute Gasteiger partial charge is 0.0483 e. The van der Waals surface area contributed by atoms with Crippen molar-refractivity contribution < 1.29 is 0 Å². The predicted molar refractivity (Wildman–Crippen MR) is 88.3 cm³/mol. The van der Waals surface area contributed by atoms with Crippen LogP contribution in [-0.2, 0) is 0 Å². The number of hydrogen-bond donors (Lipinski definition) is 1. The van der Waals surface area contributed by atoms with Crippen LogP contribution in [0.2, 0.25) is 5.02 Å². The van der Waals surface area contributed by atoms with Gasteiger partial charge in [-0.25, -0.2) is 0 Å². The molecule has 0 aliphatic heterocycles. The van der Waals surface area contributed by atoms with E-state index in [1.807, 2.05) is 0 Å². The molecule has 0 aromatic heterocycles. The van der Waals surface area contributed by atoms with E-state index in [0.29, 0.717) is 6.04 Å². The maximum atomic E-state index is 6.56. The Bertz CT molecular complexity index is 421. The van der Waals surface area contributed by atoms with Crippen molar-refractivity contribution in [2.75, 3.05) is 6.54 Å². The molecule has 1 aromatic rings. The fourth-order valence-corrected chi connectivity index (χ4v) is 3.83. The Kier molecular flexibility index (Phi) is 5.92. The van der Waals surface area contributed by atoms with E-state index in [4.69, 9.17) is 11.6 Å². The first-order chi connectivity index (χ1) is 9.67. The molecule has 0 amide bonds. The van der Waals surface area contributed by atoms with Gasteiger partial charge in [-0.05, 0) is 49.3 Å². The maximum Gasteiger partial charge on any atom is 0.0483 e. The standard InChI is InChI=1S/C18H28ClN/c1-4-14-9-11-15(12-10-14)18(20-5-2)16-8-6-7-13(3)17(16)19/h6-8,14-15,18,20H,4-5,9-12H2,1-3H3. The molecular weight excluding hydrogens is 266 g/mol. The largest absolute Gasteiger partial charge is 0.310 e. The molecule has 0 spiro atoms. The topological polar surface area (TPSA) is 12.0 Å². The first-order valence-corrected chi connectivity index (χ1v) is 8.53. The van der Waals surface area contributed by atoms with Gasteiger partial charge < -0.3 is 5.32 Å². The van der Waals surface area contributed by atoms with E-state index in [2.05, 4.69) is 44.3 Å². The summed E-state index contributed by atoms with van der Waals surface area (Å²) in [7, 11) is 0. The van der Waals surface area contributed by atoms with Crippen LogP contribution in [0.3, 0.4) is 0 Å². The molecule has 0 heterocycles. The molecule has 0 saturated heterocycles. The highest BCUT2D eigenvalue weighted by atomic mass is 35.5. The average molecular weight is 294 g/mol. The summed E-state index contributed by atoms with van der Waals surface area (Å²) in [5, 5.41) is 4.64. The van der Waals surface area contributed by atoms with Crippen molar-refractivity contribution in [2.24, 2.45) is 11.8 Å². The van der Waals surface area contributed by atoms with E-state index < -0.39 is 0 Å². The first-order valence-electron chi connectivity index (χ1n) is 8.15. The average Bonchev–Trinajstić information content (AvgIpc) is 2.48. The van der Waals surface area contributed by atoms with Crippen molar-refractivity contribution in [3.05, 3.63) is 34.3 Å². The third kappa shape index (κ3) is 3.56. The second-order valence-corrected chi connectivity index (χ2v) is 6.58. The van der Waals surface area contributed by atoms with Crippen LogP contribution < -0.4 is 5.32 Å². The van der Waals surface area contributed by atoms with Crippen molar-refractivity contribution >= 4 is 11.6 Å². The van der Waals surface area contributed by atoms with Gasteiger partial charge >= 0.3 is 0 Å². The Morgan fingerprint density at radius 3 is 2.50 bits per heavy atom. The van der Waals surface area contributed by atoms with Gasteiger partial charge in [0.15, 0.2) is 0 Å². The summed E-state index contributed by atoms with van der Waals surface area (Å²) < 4.78 is 0. The summed E-state index contributed by atoms with van der Waals surface area (Å²) in [5.41, 5.74) is 2.49. The van der Waals surface area contributed by atoms with Gasteiger partial charge in [0.25, 0.3) is 0 Å². The molecule has 1 N–H and O–H groups in total. The first kappa shape index (κ1) is 15.9.